The van der Waals surface area contributed by atoms with Gasteiger partial charge in [0.1, 0.15) is 10.7 Å². The molecule has 1 aromatic carbocycles. The van der Waals surface area contributed by atoms with Crippen LogP contribution in [0.25, 0.3) is 0 Å². The van der Waals surface area contributed by atoms with Crippen molar-refractivity contribution in [2.24, 2.45) is 0 Å². The molecule has 1 rings (SSSR count). The van der Waals surface area contributed by atoms with Crippen molar-refractivity contribution >= 4 is 23.3 Å². The van der Waals surface area contributed by atoms with Crippen LogP contribution in [-0.4, -0.2) is 23.3 Å². The van der Waals surface area contributed by atoms with Crippen molar-refractivity contribution < 1.29 is 14.6 Å². The van der Waals surface area contributed by atoms with Gasteiger partial charge in [-0.15, -0.1) is 0 Å². The van der Waals surface area contributed by atoms with Gasteiger partial charge >= 0.3 is 6.09 Å². The number of thiocarbonyl (C=S) groups is 1. The van der Waals surface area contributed by atoms with Crippen molar-refractivity contribution in [2.75, 3.05) is 7.11 Å². The van der Waals surface area contributed by atoms with Crippen LogP contribution in [0.3, 0.4) is 0 Å². The van der Waals surface area contributed by atoms with Crippen molar-refractivity contribution in [1.82, 2.24) is 5.32 Å². The fourth-order valence-corrected chi connectivity index (χ4v) is 1.15. The maximum absolute atomic E-state index is 10.3. The molecule has 0 aromatic heterocycles. The molecule has 0 radical (unpaired) electrons. The maximum atomic E-state index is 10.3. The Morgan fingerprint density at radius 3 is 2.86 bits per heavy atom. The monoisotopic (exact) mass is 211 g/mol. The molecule has 14 heavy (non-hydrogen) atoms. The first kappa shape index (κ1) is 10.5. The first-order valence-corrected chi connectivity index (χ1v) is 4.22. The average Bonchev–Trinajstić information content (AvgIpc) is 2.17. The van der Waals surface area contributed by atoms with Crippen LogP contribution in [0.5, 0.6) is 5.75 Å². The summed E-state index contributed by atoms with van der Waals surface area (Å²) in [5.41, 5.74) is 0.613. The quantitative estimate of drug-likeness (QED) is 0.730. The van der Waals surface area contributed by atoms with E-state index >= 15 is 0 Å². The molecule has 0 unspecified atom stereocenters. The van der Waals surface area contributed by atoms with Gasteiger partial charge in [0.05, 0.1) is 7.11 Å². The summed E-state index contributed by atoms with van der Waals surface area (Å²) >= 11 is 4.86. The lowest BCUT2D eigenvalue weighted by Gasteiger charge is -2.05. The molecule has 0 bridgehead atoms. The molecule has 5 heteroatoms. The fourth-order valence-electron chi connectivity index (χ4n) is 0.934. The molecule has 74 valence electrons. The molecular formula is C9H9NO3S. The molecule has 0 saturated heterocycles. The predicted octanol–water partition coefficient (Wildman–Crippen LogP) is 1.64. The van der Waals surface area contributed by atoms with Crippen LogP contribution in [0.1, 0.15) is 5.56 Å². The summed E-state index contributed by atoms with van der Waals surface area (Å²) in [4.78, 5) is 10.5. The number of carboxylic acid groups (broad SMARTS) is 1. The molecular weight excluding hydrogens is 202 g/mol. The summed E-state index contributed by atoms with van der Waals surface area (Å²) < 4.78 is 4.98. The van der Waals surface area contributed by atoms with Gasteiger partial charge in [0.2, 0.25) is 0 Å². The van der Waals surface area contributed by atoms with Crippen LogP contribution in [-0.2, 0) is 0 Å². The Morgan fingerprint density at radius 2 is 2.29 bits per heavy atom. The summed E-state index contributed by atoms with van der Waals surface area (Å²) in [6, 6.07) is 6.87. The number of ether oxygens (including phenoxy) is 1. The van der Waals surface area contributed by atoms with Crippen LogP contribution in [0, 0.1) is 0 Å². The highest BCUT2D eigenvalue weighted by molar-refractivity contribution is 7.80. The standard InChI is InChI=1S/C9H9NO3S/c1-13-7-4-2-3-6(5-7)8(14)10-9(11)12/h2-5H,1H3,(H,10,14)(H,11,12). The highest BCUT2D eigenvalue weighted by Crippen LogP contribution is 2.12. The van der Waals surface area contributed by atoms with E-state index in [0.29, 0.717) is 11.3 Å². The minimum Gasteiger partial charge on any atom is -0.497 e. The lowest BCUT2D eigenvalue weighted by molar-refractivity contribution is 0.200. The normalized spacial score (nSPS) is 9.21. The number of hydrogen-bond acceptors (Lipinski definition) is 3. The predicted molar refractivity (Wildman–Crippen MR) is 55.9 cm³/mol. The number of benzene rings is 1. The Balaban J connectivity index is 2.84. The number of hydrogen-bond donors (Lipinski definition) is 2. The zero-order valence-electron chi connectivity index (χ0n) is 7.48. The first-order chi connectivity index (χ1) is 6.63. The third-order valence-corrected chi connectivity index (χ3v) is 1.89. The minimum absolute atomic E-state index is 0.163. The van der Waals surface area contributed by atoms with E-state index in [9.17, 15) is 4.79 Å². The molecule has 0 atom stereocenters. The molecule has 0 saturated carbocycles. The van der Waals surface area contributed by atoms with Gasteiger partial charge in [0.25, 0.3) is 0 Å². The van der Waals surface area contributed by atoms with E-state index in [4.69, 9.17) is 22.1 Å². The van der Waals surface area contributed by atoms with Gasteiger partial charge in [-0.25, -0.2) is 4.79 Å². The molecule has 4 nitrogen and oxygen atoms in total. The molecule has 0 aliphatic carbocycles. The highest BCUT2D eigenvalue weighted by atomic mass is 32.1. The Hall–Kier alpha value is -1.62. The van der Waals surface area contributed by atoms with Gasteiger partial charge in [-0.3, -0.25) is 5.32 Å². The summed E-state index contributed by atoms with van der Waals surface area (Å²) in [6.07, 6.45) is -1.17. The van der Waals surface area contributed by atoms with Gasteiger partial charge < -0.3 is 9.84 Å². The number of carbonyl (C=O) groups is 1. The molecule has 0 fully saturated rings. The molecule has 0 aliphatic rings. The molecule has 0 aliphatic heterocycles. The van der Waals surface area contributed by atoms with E-state index in [-0.39, 0.29) is 4.99 Å². The van der Waals surface area contributed by atoms with E-state index in [1.165, 1.54) is 7.11 Å². The lowest BCUT2D eigenvalue weighted by Crippen LogP contribution is -2.27. The van der Waals surface area contributed by atoms with Crippen LogP contribution in [0.2, 0.25) is 0 Å². The second-order valence-electron chi connectivity index (χ2n) is 2.49. The van der Waals surface area contributed by atoms with E-state index in [1.54, 1.807) is 24.3 Å². The molecule has 0 spiro atoms. The zero-order valence-corrected chi connectivity index (χ0v) is 8.30. The van der Waals surface area contributed by atoms with Crippen molar-refractivity contribution in [3.8, 4) is 5.75 Å². The largest absolute Gasteiger partial charge is 0.497 e. The molecule has 1 aromatic rings. The number of nitrogens with one attached hydrogen (secondary N) is 1. The van der Waals surface area contributed by atoms with Crippen molar-refractivity contribution in [3.05, 3.63) is 29.8 Å². The Morgan fingerprint density at radius 1 is 1.57 bits per heavy atom. The Kier molecular flexibility index (Phi) is 3.41. The Labute approximate surface area is 86.5 Å². The van der Waals surface area contributed by atoms with E-state index in [2.05, 4.69) is 5.32 Å². The lowest BCUT2D eigenvalue weighted by atomic mass is 10.2. The van der Waals surface area contributed by atoms with Crippen molar-refractivity contribution in [1.29, 1.82) is 0 Å². The van der Waals surface area contributed by atoms with E-state index in [1.807, 2.05) is 0 Å². The van der Waals surface area contributed by atoms with Crippen LogP contribution >= 0.6 is 12.2 Å². The molecule has 0 heterocycles. The fraction of sp³-hybridized carbons (Fsp3) is 0.111. The van der Waals surface area contributed by atoms with Crippen LogP contribution in [0.15, 0.2) is 24.3 Å². The summed E-state index contributed by atoms with van der Waals surface area (Å²) in [5, 5.41) is 10.5. The minimum atomic E-state index is -1.17. The third-order valence-electron chi connectivity index (χ3n) is 1.55. The molecule has 1 amide bonds. The Bertz CT molecular complexity index is 365. The number of methoxy groups -OCH3 is 1. The van der Waals surface area contributed by atoms with Crippen LogP contribution < -0.4 is 10.1 Å². The number of amides is 1. The summed E-state index contributed by atoms with van der Waals surface area (Å²) in [5.74, 6) is 0.636. The van der Waals surface area contributed by atoms with E-state index < -0.39 is 6.09 Å². The van der Waals surface area contributed by atoms with E-state index in [0.717, 1.165) is 0 Å². The van der Waals surface area contributed by atoms with Crippen molar-refractivity contribution in [2.45, 2.75) is 0 Å². The van der Waals surface area contributed by atoms with Gasteiger partial charge in [-0.05, 0) is 12.1 Å². The average molecular weight is 211 g/mol. The second-order valence-corrected chi connectivity index (χ2v) is 2.90. The first-order valence-electron chi connectivity index (χ1n) is 3.82. The topological polar surface area (TPSA) is 58.6 Å². The maximum Gasteiger partial charge on any atom is 0.409 e. The number of rotatable bonds is 2. The zero-order chi connectivity index (χ0) is 10.6. The van der Waals surface area contributed by atoms with Crippen LogP contribution in [0.4, 0.5) is 4.79 Å². The summed E-state index contributed by atoms with van der Waals surface area (Å²) in [7, 11) is 1.53. The van der Waals surface area contributed by atoms with Crippen molar-refractivity contribution in [3.63, 3.8) is 0 Å². The smallest absolute Gasteiger partial charge is 0.409 e. The SMILES string of the molecule is COc1cccc(C(=S)NC(=O)O)c1. The van der Waals surface area contributed by atoms with Gasteiger partial charge in [-0.2, -0.15) is 0 Å². The highest BCUT2D eigenvalue weighted by Gasteiger charge is 2.04. The van der Waals surface area contributed by atoms with Gasteiger partial charge in [0, 0.05) is 5.56 Å². The molecule has 2 N–H and O–H groups in total. The van der Waals surface area contributed by atoms with Gasteiger partial charge in [0.15, 0.2) is 0 Å². The van der Waals surface area contributed by atoms with Gasteiger partial charge in [-0.1, -0.05) is 24.4 Å². The third kappa shape index (κ3) is 2.70. The summed E-state index contributed by atoms with van der Waals surface area (Å²) in [6.45, 7) is 0. The second kappa shape index (κ2) is 4.57.